The summed E-state index contributed by atoms with van der Waals surface area (Å²) < 4.78 is 27.7. The first-order valence-corrected chi connectivity index (χ1v) is 13.1. The van der Waals surface area contributed by atoms with E-state index in [1.165, 1.54) is 57.8 Å². The van der Waals surface area contributed by atoms with Crippen molar-refractivity contribution in [3.63, 3.8) is 0 Å². The van der Waals surface area contributed by atoms with E-state index in [1.807, 2.05) is 6.07 Å². The zero-order valence-corrected chi connectivity index (χ0v) is 19.3. The van der Waals surface area contributed by atoms with Crippen molar-refractivity contribution < 1.29 is 8.78 Å². The lowest BCUT2D eigenvalue weighted by Gasteiger charge is -2.37. The van der Waals surface area contributed by atoms with Gasteiger partial charge < -0.3 is 0 Å². The number of allylic oxidation sites excluding steroid dienone is 1. The van der Waals surface area contributed by atoms with Crippen molar-refractivity contribution in [2.45, 2.75) is 95.8 Å². The van der Waals surface area contributed by atoms with Crippen LogP contribution in [0.25, 0.3) is 0 Å². The first-order valence-electron chi connectivity index (χ1n) is 13.1. The van der Waals surface area contributed by atoms with Crippen molar-refractivity contribution >= 4 is 0 Å². The molecule has 0 bridgehead atoms. The summed E-state index contributed by atoms with van der Waals surface area (Å²) in [7, 11) is 0. The summed E-state index contributed by atoms with van der Waals surface area (Å²) >= 11 is 0. The molecule has 0 amide bonds. The maximum absolute atomic E-state index is 14.8. The second-order valence-electron chi connectivity index (χ2n) is 11.0. The zero-order valence-electron chi connectivity index (χ0n) is 19.3. The standard InChI is InChI=1S/C29H42F2/c1-2-21-5-12-25(13-6-21)26-14-7-22(8-15-26)3-4-23-11-18-28(29(31)19-23)27-16-9-24(20-30)10-17-27/h2,11,18-19,21-22,24-27H,1,3-10,12-17,20H2. The normalized spacial score (nSPS) is 34.4. The molecule has 0 saturated heterocycles. The summed E-state index contributed by atoms with van der Waals surface area (Å²) in [5.74, 6) is 3.96. The third kappa shape index (κ3) is 5.99. The Morgan fingerprint density at radius 3 is 2.00 bits per heavy atom. The summed E-state index contributed by atoms with van der Waals surface area (Å²) in [6.07, 6.45) is 19.1. The van der Waals surface area contributed by atoms with Gasteiger partial charge in [0.25, 0.3) is 0 Å². The van der Waals surface area contributed by atoms with E-state index in [9.17, 15) is 8.78 Å². The van der Waals surface area contributed by atoms with E-state index in [0.29, 0.717) is 0 Å². The number of benzene rings is 1. The number of rotatable bonds is 7. The number of hydrogen-bond donors (Lipinski definition) is 0. The summed E-state index contributed by atoms with van der Waals surface area (Å²) in [6, 6.07) is 5.98. The van der Waals surface area contributed by atoms with Crippen LogP contribution in [0.1, 0.15) is 101 Å². The van der Waals surface area contributed by atoms with Gasteiger partial charge >= 0.3 is 0 Å². The summed E-state index contributed by atoms with van der Waals surface area (Å²) in [5, 5.41) is 0. The lowest BCUT2D eigenvalue weighted by Crippen LogP contribution is -2.25. The van der Waals surface area contributed by atoms with Gasteiger partial charge in [-0.3, -0.25) is 4.39 Å². The molecule has 3 fully saturated rings. The van der Waals surface area contributed by atoms with Crippen molar-refractivity contribution in [3.8, 4) is 0 Å². The lowest BCUT2D eigenvalue weighted by atomic mass is 9.68. The van der Waals surface area contributed by atoms with Crippen molar-refractivity contribution in [2.24, 2.45) is 29.6 Å². The van der Waals surface area contributed by atoms with Crippen molar-refractivity contribution in [1.82, 2.24) is 0 Å². The van der Waals surface area contributed by atoms with Gasteiger partial charge in [0.1, 0.15) is 5.82 Å². The fraction of sp³-hybridized carbons (Fsp3) is 0.724. The van der Waals surface area contributed by atoms with Crippen LogP contribution in [0, 0.1) is 35.4 Å². The molecular formula is C29H42F2. The summed E-state index contributed by atoms with van der Waals surface area (Å²) in [6.45, 7) is 3.77. The molecule has 0 aromatic heterocycles. The van der Waals surface area contributed by atoms with Crippen LogP contribution in [0.4, 0.5) is 8.78 Å². The highest BCUT2D eigenvalue weighted by atomic mass is 19.1. The highest BCUT2D eigenvalue weighted by Crippen LogP contribution is 2.42. The summed E-state index contributed by atoms with van der Waals surface area (Å²) in [5.41, 5.74) is 2.02. The SMILES string of the molecule is C=CC1CCC(C2CCC(CCc3ccc(C4CCC(CF)CC4)c(F)c3)CC2)CC1. The van der Waals surface area contributed by atoms with E-state index in [1.54, 1.807) is 6.07 Å². The highest BCUT2D eigenvalue weighted by molar-refractivity contribution is 5.28. The second-order valence-corrected chi connectivity index (χ2v) is 11.0. The molecule has 3 aliphatic rings. The molecule has 31 heavy (non-hydrogen) atoms. The number of hydrogen-bond acceptors (Lipinski definition) is 0. The van der Waals surface area contributed by atoms with Crippen LogP contribution in [-0.4, -0.2) is 6.67 Å². The van der Waals surface area contributed by atoms with Crippen molar-refractivity contribution in [3.05, 3.63) is 47.8 Å². The average Bonchev–Trinajstić information content (AvgIpc) is 2.83. The largest absolute Gasteiger partial charge is 0.251 e. The summed E-state index contributed by atoms with van der Waals surface area (Å²) in [4.78, 5) is 0. The molecule has 0 unspecified atom stereocenters. The number of halogens is 2. The van der Waals surface area contributed by atoms with E-state index in [0.717, 1.165) is 66.9 Å². The van der Waals surface area contributed by atoms with Crippen LogP contribution in [0.15, 0.2) is 30.9 Å². The first-order chi connectivity index (χ1) is 15.2. The van der Waals surface area contributed by atoms with Gasteiger partial charge in [0.2, 0.25) is 0 Å². The Morgan fingerprint density at radius 2 is 1.42 bits per heavy atom. The first kappa shape index (κ1) is 23.0. The zero-order chi connectivity index (χ0) is 21.6. The molecule has 3 saturated carbocycles. The Kier molecular flexibility index (Phi) is 8.24. The Bertz CT molecular complexity index is 687. The third-order valence-corrected chi connectivity index (χ3v) is 9.12. The fourth-order valence-corrected chi connectivity index (χ4v) is 6.86. The average molecular weight is 429 g/mol. The highest BCUT2D eigenvalue weighted by Gasteiger charge is 2.30. The van der Waals surface area contributed by atoms with Gasteiger partial charge in [-0.05, 0) is 130 Å². The minimum absolute atomic E-state index is 0.0277. The quantitative estimate of drug-likeness (QED) is 0.381. The molecule has 0 atom stereocenters. The maximum atomic E-state index is 14.8. The smallest absolute Gasteiger partial charge is 0.126 e. The van der Waals surface area contributed by atoms with Crippen LogP contribution in [0.5, 0.6) is 0 Å². The van der Waals surface area contributed by atoms with Crippen LogP contribution in [0.3, 0.4) is 0 Å². The second kappa shape index (κ2) is 11.1. The Labute approximate surface area is 188 Å². The van der Waals surface area contributed by atoms with E-state index in [-0.39, 0.29) is 24.3 Å². The molecule has 0 aliphatic heterocycles. The third-order valence-electron chi connectivity index (χ3n) is 9.12. The lowest BCUT2D eigenvalue weighted by molar-refractivity contribution is 0.153. The molecule has 172 valence electrons. The van der Waals surface area contributed by atoms with Crippen LogP contribution in [-0.2, 0) is 6.42 Å². The van der Waals surface area contributed by atoms with Crippen molar-refractivity contribution in [2.75, 3.05) is 6.67 Å². The maximum Gasteiger partial charge on any atom is 0.126 e. The molecular weight excluding hydrogens is 386 g/mol. The molecule has 1 aromatic carbocycles. The topological polar surface area (TPSA) is 0 Å². The molecule has 0 N–H and O–H groups in total. The molecule has 0 heterocycles. The Balaban J connectivity index is 1.20. The molecule has 0 radical (unpaired) electrons. The fourth-order valence-electron chi connectivity index (χ4n) is 6.86. The Morgan fingerprint density at radius 1 is 0.806 bits per heavy atom. The minimum Gasteiger partial charge on any atom is -0.251 e. The van der Waals surface area contributed by atoms with Gasteiger partial charge in [0.05, 0.1) is 6.67 Å². The van der Waals surface area contributed by atoms with E-state index < -0.39 is 0 Å². The predicted octanol–water partition coefficient (Wildman–Crippen LogP) is 8.80. The molecule has 4 rings (SSSR count). The van der Waals surface area contributed by atoms with Gasteiger partial charge in [-0.2, -0.15) is 0 Å². The van der Waals surface area contributed by atoms with Gasteiger partial charge in [-0.15, -0.1) is 6.58 Å². The predicted molar refractivity (Wildman–Crippen MR) is 126 cm³/mol. The van der Waals surface area contributed by atoms with Crippen LogP contribution >= 0.6 is 0 Å². The monoisotopic (exact) mass is 428 g/mol. The van der Waals surface area contributed by atoms with E-state index in [2.05, 4.69) is 18.7 Å². The van der Waals surface area contributed by atoms with Crippen molar-refractivity contribution in [1.29, 1.82) is 0 Å². The van der Waals surface area contributed by atoms with Crippen LogP contribution < -0.4 is 0 Å². The van der Waals surface area contributed by atoms with Gasteiger partial charge in [-0.1, -0.05) is 31.1 Å². The minimum atomic E-state index is -0.216. The van der Waals surface area contributed by atoms with Gasteiger partial charge in [0, 0.05) is 0 Å². The number of aryl methyl sites for hydroxylation is 1. The van der Waals surface area contributed by atoms with Gasteiger partial charge in [-0.25, -0.2) is 4.39 Å². The van der Waals surface area contributed by atoms with E-state index in [4.69, 9.17) is 0 Å². The molecule has 2 heteroatoms. The molecule has 0 spiro atoms. The van der Waals surface area contributed by atoms with E-state index >= 15 is 0 Å². The number of alkyl halides is 1. The van der Waals surface area contributed by atoms with Gasteiger partial charge in [0.15, 0.2) is 0 Å². The molecule has 3 aliphatic carbocycles. The Hall–Kier alpha value is -1.18. The molecule has 1 aromatic rings. The molecule has 0 nitrogen and oxygen atoms in total. The van der Waals surface area contributed by atoms with Crippen LogP contribution in [0.2, 0.25) is 0 Å².